The summed E-state index contributed by atoms with van der Waals surface area (Å²) in [6.45, 7) is 1.31. The van der Waals surface area contributed by atoms with Crippen molar-refractivity contribution in [2.24, 2.45) is 0 Å². The largest absolute Gasteiger partial charge is 0.481 e. The Balaban J connectivity index is 2.78. The van der Waals surface area contributed by atoms with Crippen LogP contribution >= 0.6 is 0 Å². The second kappa shape index (κ2) is 5.80. The van der Waals surface area contributed by atoms with Crippen LogP contribution in [-0.2, 0) is 9.59 Å². The van der Waals surface area contributed by atoms with Crippen molar-refractivity contribution in [3.63, 3.8) is 0 Å². The summed E-state index contributed by atoms with van der Waals surface area (Å²) in [6.07, 6.45) is 0.575. The summed E-state index contributed by atoms with van der Waals surface area (Å²) < 4.78 is 0. The van der Waals surface area contributed by atoms with E-state index in [1.165, 1.54) is 19.2 Å². The Morgan fingerprint density at radius 2 is 1.95 bits per heavy atom. The quantitative estimate of drug-likeness (QED) is 0.531. The molecule has 1 rings (SSSR count). The third-order valence-electron chi connectivity index (χ3n) is 2.32. The highest BCUT2D eigenvalue weighted by Crippen LogP contribution is 2.05. The van der Waals surface area contributed by atoms with Gasteiger partial charge < -0.3 is 20.5 Å². The predicted octanol–water partition coefficient (Wildman–Crippen LogP) is -0.125. The van der Waals surface area contributed by atoms with Gasteiger partial charge in [-0.05, 0) is 13.0 Å². The lowest BCUT2D eigenvalue weighted by Crippen LogP contribution is -2.42. The molecule has 0 aliphatic carbocycles. The zero-order valence-corrected chi connectivity index (χ0v) is 9.97. The van der Waals surface area contributed by atoms with Crippen molar-refractivity contribution in [2.45, 2.75) is 19.4 Å². The molecule has 8 heteroatoms. The van der Waals surface area contributed by atoms with Gasteiger partial charge in [0.15, 0.2) is 5.78 Å². The number of rotatable bonds is 6. The molecule has 0 spiro atoms. The maximum Gasteiger partial charge on any atom is 0.326 e. The van der Waals surface area contributed by atoms with Crippen LogP contribution in [0.2, 0.25) is 0 Å². The van der Waals surface area contributed by atoms with Crippen LogP contribution in [0.5, 0.6) is 0 Å². The summed E-state index contributed by atoms with van der Waals surface area (Å²) in [4.78, 5) is 46.4. The molecule has 8 nitrogen and oxygen atoms in total. The molecule has 0 fully saturated rings. The minimum Gasteiger partial charge on any atom is -0.481 e. The molecular weight excluding hydrogens is 256 g/mol. The number of carboxylic acid groups (broad SMARTS) is 2. The molecule has 0 aliphatic heterocycles. The standard InChI is InChI=1S/C11H12N2O6/c1-5(14)6-2-7(12-4-6)10(17)13-8(11(18)19)3-9(15)16/h2,4,8,12H,3H2,1H3,(H,13,17)(H,15,16)(H,18,19)/t8-/m0/s1. The SMILES string of the molecule is CC(=O)c1c[nH]c(C(=O)N[C@@H](CC(=O)O)C(=O)O)c1. The van der Waals surface area contributed by atoms with Crippen molar-refractivity contribution in [3.8, 4) is 0 Å². The van der Waals surface area contributed by atoms with E-state index in [1.54, 1.807) is 0 Å². The first-order valence-electron chi connectivity index (χ1n) is 5.26. The van der Waals surface area contributed by atoms with Crippen molar-refractivity contribution < 1.29 is 29.4 Å². The van der Waals surface area contributed by atoms with Gasteiger partial charge >= 0.3 is 11.9 Å². The van der Waals surface area contributed by atoms with Gasteiger partial charge in [0.1, 0.15) is 11.7 Å². The summed E-state index contributed by atoms with van der Waals surface area (Å²) in [5.41, 5.74) is 0.261. The Hall–Kier alpha value is -2.64. The lowest BCUT2D eigenvalue weighted by Gasteiger charge is -2.11. The van der Waals surface area contributed by atoms with E-state index in [1.807, 2.05) is 0 Å². The van der Waals surface area contributed by atoms with E-state index in [0.29, 0.717) is 0 Å². The van der Waals surface area contributed by atoms with Gasteiger partial charge in [-0.3, -0.25) is 14.4 Å². The van der Waals surface area contributed by atoms with Crippen LogP contribution in [0, 0.1) is 0 Å². The van der Waals surface area contributed by atoms with Crippen molar-refractivity contribution in [1.29, 1.82) is 0 Å². The van der Waals surface area contributed by atoms with Crippen molar-refractivity contribution >= 4 is 23.6 Å². The highest BCUT2D eigenvalue weighted by atomic mass is 16.4. The van der Waals surface area contributed by atoms with Crippen LogP contribution in [0.3, 0.4) is 0 Å². The molecule has 0 bridgehead atoms. The average Bonchev–Trinajstić information content (AvgIpc) is 2.76. The zero-order chi connectivity index (χ0) is 14.6. The molecule has 102 valence electrons. The molecule has 0 saturated carbocycles. The van der Waals surface area contributed by atoms with Crippen molar-refractivity contribution in [3.05, 3.63) is 23.5 Å². The molecule has 0 aromatic carbocycles. The molecule has 19 heavy (non-hydrogen) atoms. The van der Waals surface area contributed by atoms with Crippen LogP contribution in [0.1, 0.15) is 34.2 Å². The third kappa shape index (κ3) is 3.95. The number of H-pyrrole nitrogens is 1. The number of nitrogens with one attached hydrogen (secondary N) is 2. The van der Waals surface area contributed by atoms with Crippen LogP contribution in [0.15, 0.2) is 12.3 Å². The maximum atomic E-state index is 11.7. The minimum absolute atomic E-state index is 0.0122. The Kier molecular flexibility index (Phi) is 4.41. The minimum atomic E-state index is -1.53. The second-order valence-electron chi connectivity index (χ2n) is 3.82. The fourth-order valence-corrected chi connectivity index (χ4v) is 1.34. The number of ketones is 1. The number of carboxylic acids is 2. The number of amides is 1. The topological polar surface area (TPSA) is 137 Å². The number of carbonyl (C=O) groups is 4. The van der Waals surface area contributed by atoms with Crippen LogP contribution in [0.4, 0.5) is 0 Å². The fourth-order valence-electron chi connectivity index (χ4n) is 1.34. The molecule has 1 heterocycles. The highest BCUT2D eigenvalue weighted by Gasteiger charge is 2.24. The third-order valence-corrected chi connectivity index (χ3v) is 2.32. The molecular formula is C11H12N2O6. The van der Waals surface area contributed by atoms with E-state index in [0.717, 1.165) is 0 Å². The lowest BCUT2D eigenvalue weighted by atomic mass is 10.2. The summed E-state index contributed by atoms with van der Waals surface area (Å²) in [7, 11) is 0. The number of carbonyl (C=O) groups excluding carboxylic acids is 2. The molecule has 1 amide bonds. The van der Waals surface area contributed by atoms with E-state index in [-0.39, 0.29) is 17.0 Å². The zero-order valence-electron chi connectivity index (χ0n) is 9.97. The second-order valence-corrected chi connectivity index (χ2v) is 3.82. The van der Waals surface area contributed by atoms with Gasteiger partial charge in [-0.2, -0.15) is 0 Å². The Bertz CT molecular complexity index is 533. The monoisotopic (exact) mass is 268 g/mol. The van der Waals surface area contributed by atoms with Gasteiger partial charge in [-0.1, -0.05) is 0 Å². The molecule has 4 N–H and O–H groups in total. The molecule has 1 aromatic heterocycles. The summed E-state index contributed by atoms with van der Waals surface area (Å²) in [6, 6.07) is -0.272. The predicted molar refractivity (Wildman–Crippen MR) is 61.9 cm³/mol. The smallest absolute Gasteiger partial charge is 0.326 e. The van der Waals surface area contributed by atoms with Gasteiger partial charge in [0.2, 0.25) is 0 Å². The Morgan fingerprint density at radius 3 is 2.37 bits per heavy atom. The Morgan fingerprint density at radius 1 is 1.32 bits per heavy atom. The molecule has 0 saturated heterocycles. The number of aromatic amines is 1. The summed E-state index contributed by atoms with van der Waals surface area (Å²) in [5.74, 6) is -3.84. The van der Waals surface area contributed by atoms with Crippen molar-refractivity contribution in [2.75, 3.05) is 0 Å². The van der Waals surface area contributed by atoms with Crippen LogP contribution in [-0.4, -0.2) is 44.9 Å². The average molecular weight is 268 g/mol. The molecule has 0 aliphatic rings. The van der Waals surface area contributed by atoms with Gasteiger partial charge in [0, 0.05) is 11.8 Å². The molecule has 1 atom stereocenters. The number of aliphatic carboxylic acids is 2. The number of hydrogen-bond donors (Lipinski definition) is 4. The first kappa shape index (κ1) is 14.4. The molecule has 0 unspecified atom stereocenters. The van der Waals surface area contributed by atoms with Crippen LogP contribution in [0.25, 0.3) is 0 Å². The van der Waals surface area contributed by atoms with Gasteiger partial charge in [0.05, 0.1) is 6.42 Å². The first-order chi connectivity index (χ1) is 8.81. The van der Waals surface area contributed by atoms with E-state index in [2.05, 4.69) is 10.3 Å². The van der Waals surface area contributed by atoms with E-state index >= 15 is 0 Å². The number of hydrogen-bond acceptors (Lipinski definition) is 4. The number of Topliss-reactive ketones (excluding diaryl/α,β-unsaturated/α-hetero) is 1. The van der Waals surface area contributed by atoms with Crippen LogP contribution < -0.4 is 5.32 Å². The molecule has 0 radical (unpaired) electrons. The normalized spacial score (nSPS) is 11.6. The number of aromatic nitrogens is 1. The van der Waals surface area contributed by atoms with Gasteiger partial charge in [0.25, 0.3) is 5.91 Å². The highest BCUT2D eigenvalue weighted by molar-refractivity contribution is 6.00. The van der Waals surface area contributed by atoms with E-state index in [9.17, 15) is 19.2 Å². The maximum absolute atomic E-state index is 11.7. The molecule has 1 aromatic rings. The lowest BCUT2D eigenvalue weighted by molar-refractivity contribution is -0.145. The first-order valence-corrected chi connectivity index (χ1v) is 5.26. The van der Waals surface area contributed by atoms with E-state index in [4.69, 9.17) is 10.2 Å². The Labute approximate surface area is 107 Å². The summed E-state index contributed by atoms with van der Waals surface area (Å²) in [5, 5.41) is 19.3. The van der Waals surface area contributed by atoms with Gasteiger partial charge in [-0.25, -0.2) is 4.79 Å². The van der Waals surface area contributed by atoms with Crippen molar-refractivity contribution in [1.82, 2.24) is 10.3 Å². The fraction of sp³-hybridized carbons (Fsp3) is 0.273. The van der Waals surface area contributed by atoms with E-state index < -0.39 is 30.3 Å². The van der Waals surface area contributed by atoms with Gasteiger partial charge in [-0.15, -0.1) is 0 Å². The summed E-state index contributed by atoms with van der Waals surface area (Å²) >= 11 is 0.